The van der Waals surface area contributed by atoms with Crippen LogP contribution in [0.2, 0.25) is 0 Å². The molecule has 0 radical (unpaired) electrons. The summed E-state index contributed by atoms with van der Waals surface area (Å²) in [7, 11) is 0. The molecule has 0 amide bonds. The molecule has 1 aromatic carbocycles. The number of ether oxygens (including phenoxy) is 2. The van der Waals surface area contributed by atoms with Gasteiger partial charge in [0.25, 0.3) is 0 Å². The monoisotopic (exact) mass is 219 g/mol. The zero-order chi connectivity index (χ0) is 11.4. The first-order valence-corrected chi connectivity index (χ1v) is 4.75. The molecular weight excluding hydrogens is 210 g/mol. The van der Waals surface area contributed by atoms with Crippen molar-refractivity contribution >= 4 is 5.78 Å². The molecule has 0 aromatic heterocycles. The third-order valence-corrected chi connectivity index (χ3v) is 2.14. The lowest BCUT2D eigenvalue weighted by atomic mass is 10.1. The van der Waals surface area contributed by atoms with Crippen LogP contribution in [0.5, 0.6) is 11.5 Å². The Kier molecular flexibility index (Phi) is 2.93. The van der Waals surface area contributed by atoms with Gasteiger partial charge >= 0.3 is 0 Å². The molecule has 0 N–H and O–H groups in total. The highest BCUT2D eigenvalue weighted by Gasteiger charge is 2.14. The lowest BCUT2D eigenvalue weighted by Crippen LogP contribution is -2.16. The minimum Gasteiger partial charge on any atom is -0.486 e. The highest BCUT2D eigenvalue weighted by atomic mass is 16.6. The second-order valence-corrected chi connectivity index (χ2v) is 3.17. The molecule has 0 saturated heterocycles. The lowest BCUT2D eigenvalue weighted by Gasteiger charge is -2.18. The predicted molar refractivity (Wildman–Crippen MR) is 55.8 cm³/mol. The van der Waals surface area contributed by atoms with Crippen LogP contribution in [0.1, 0.15) is 10.4 Å². The maximum absolute atomic E-state index is 11.5. The summed E-state index contributed by atoms with van der Waals surface area (Å²) in [5.41, 5.74) is 8.57. The summed E-state index contributed by atoms with van der Waals surface area (Å²) < 4.78 is 10.7. The molecule has 1 aromatic rings. The fourth-order valence-electron chi connectivity index (χ4n) is 1.40. The smallest absolute Gasteiger partial charge is 0.168 e. The lowest BCUT2D eigenvalue weighted by molar-refractivity contribution is 0.100. The van der Waals surface area contributed by atoms with E-state index >= 15 is 0 Å². The van der Waals surface area contributed by atoms with E-state index in [4.69, 9.17) is 15.0 Å². The molecule has 0 bridgehead atoms. The van der Waals surface area contributed by atoms with Crippen molar-refractivity contribution in [3.8, 4) is 11.5 Å². The van der Waals surface area contributed by atoms with E-state index < -0.39 is 0 Å². The summed E-state index contributed by atoms with van der Waals surface area (Å²) >= 11 is 0. The largest absolute Gasteiger partial charge is 0.486 e. The Morgan fingerprint density at radius 2 is 2.12 bits per heavy atom. The van der Waals surface area contributed by atoms with Gasteiger partial charge < -0.3 is 9.47 Å². The second-order valence-electron chi connectivity index (χ2n) is 3.17. The van der Waals surface area contributed by atoms with Crippen LogP contribution in [0.25, 0.3) is 10.4 Å². The van der Waals surface area contributed by atoms with E-state index in [0.717, 1.165) is 0 Å². The summed E-state index contributed by atoms with van der Waals surface area (Å²) in [6, 6.07) is 4.91. The summed E-state index contributed by atoms with van der Waals surface area (Å²) in [6.07, 6.45) is 0. The van der Waals surface area contributed by atoms with Crippen molar-refractivity contribution in [1.29, 1.82) is 0 Å². The van der Waals surface area contributed by atoms with E-state index in [1.807, 2.05) is 0 Å². The van der Waals surface area contributed by atoms with Gasteiger partial charge in [0.15, 0.2) is 17.3 Å². The maximum Gasteiger partial charge on any atom is 0.168 e. The van der Waals surface area contributed by atoms with E-state index in [0.29, 0.717) is 30.3 Å². The molecule has 0 atom stereocenters. The molecule has 6 nitrogen and oxygen atoms in total. The van der Waals surface area contributed by atoms with Gasteiger partial charge in [0.1, 0.15) is 13.2 Å². The fourth-order valence-corrected chi connectivity index (χ4v) is 1.40. The highest BCUT2D eigenvalue weighted by molar-refractivity contribution is 5.98. The van der Waals surface area contributed by atoms with Crippen LogP contribution in [0, 0.1) is 0 Å². The van der Waals surface area contributed by atoms with E-state index in [2.05, 4.69) is 10.0 Å². The zero-order valence-corrected chi connectivity index (χ0v) is 8.42. The van der Waals surface area contributed by atoms with Crippen molar-refractivity contribution < 1.29 is 14.3 Å². The van der Waals surface area contributed by atoms with E-state index in [1.54, 1.807) is 18.2 Å². The van der Waals surface area contributed by atoms with Crippen LogP contribution in [0.15, 0.2) is 23.3 Å². The van der Waals surface area contributed by atoms with Gasteiger partial charge in [-0.1, -0.05) is 5.11 Å². The summed E-state index contributed by atoms with van der Waals surface area (Å²) in [4.78, 5) is 14.1. The van der Waals surface area contributed by atoms with Crippen LogP contribution in [0.3, 0.4) is 0 Å². The molecule has 82 valence electrons. The standard InChI is InChI=1S/C10H9N3O3/c11-13-12-6-8(14)7-1-2-9-10(5-7)16-4-3-15-9/h1-2,5H,3-4,6H2. The minimum absolute atomic E-state index is 0.184. The molecule has 16 heavy (non-hydrogen) atoms. The highest BCUT2D eigenvalue weighted by Crippen LogP contribution is 2.30. The number of azide groups is 1. The molecule has 0 aliphatic carbocycles. The minimum atomic E-state index is -0.241. The summed E-state index contributed by atoms with van der Waals surface area (Å²) in [5.74, 6) is 0.944. The topological polar surface area (TPSA) is 84.3 Å². The number of hydrogen-bond donors (Lipinski definition) is 0. The van der Waals surface area contributed by atoms with E-state index in [9.17, 15) is 4.79 Å². The van der Waals surface area contributed by atoms with Crippen LogP contribution < -0.4 is 9.47 Å². The van der Waals surface area contributed by atoms with Crippen molar-refractivity contribution in [3.05, 3.63) is 34.2 Å². The van der Waals surface area contributed by atoms with Gasteiger partial charge in [0.05, 0.1) is 6.54 Å². The molecule has 1 aliphatic rings. The fraction of sp³-hybridized carbons (Fsp3) is 0.300. The molecule has 6 heteroatoms. The first-order valence-electron chi connectivity index (χ1n) is 4.75. The quantitative estimate of drug-likeness (QED) is 0.337. The Morgan fingerprint density at radius 3 is 2.88 bits per heavy atom. The Bertz CT molecular complexity index is 466. The van der Waals surface area contributed by atoms with E-state index in [-0.39, 0.29) is 12.3 Å². The number of nitrogens with zero attached hydrogens (tertiary/aromatic N) is 3. The predicted octanol–water partition coefficient (Wildman–Crippen LogP) is 1.95. The number of Topliss-reactive ketones (excluding diaryl/α,β-unsaturated/α-hetero) is 1. The van der Waals surface area contributed by atoms with Gasteiger partial charge in [-0.3, -0.25) is 4.79 Å². The SMILES string of the molecule is [N-]=[N+]=NCC(=O)c1ccc2c(c1)OCCO2. The van der Waals surface area contributed by atoms with Gasteiger partial charge in [0.2, 0.25) is 0 Å². The van der Waals surface area contributed by atoms with Crippen molar-refractivity contribution in [2.45, 2.75) is 0 Å². The number of benzene rings is 1. The van der Waals surface area contributed by atoms with Crippen molar-refractivity contribution in [1.82, 2.24) is 0 Å². The molecule has 0 spiro atoms. The number of carbonyl (C=O) groups is 1. The molecule has 2 rings (SSSR count). The Hall–Kier alpha value is -2.20. The summed E-state index contributed by atoms with van der Waals surface area (Å²) in [6.45, 7) is 0.802. The van der Waals surface area contributed by atoms with Gasteiger partial charge in [-0.25, -0.2) is 0 Å². The third-order valence-electron chi connectivity index (χ3n) is 2.14. The second kappa shape index (κ2) is 4.55. The van der Waals surface area contributed by atoms with Crippen molar-refractivity contribution in [3.63, 3.8) is 0 Å². The normalized spacial score (nSPS) is 12.8. The van der Waals surface area contributed by atoms with Gasteiger partial charge in [0, 0.05) is 10.5 Å². The average molecular weight is 219 g/mol. The zero-order valence-electron chi connectivity index (χ0n) is 8.42. The average Bonchev–Trinajstić information content (AvgIpc) is 2.35. The first kappa shape index (κ1) is 10.3. The Balaban J connectivity index is 2.22. The number of fused-ring (bicyclic) bond motifs is 1. The Morgan fingerprint density at radius 1 is 1.38 bits per heavy atom. The van der Waals surface area contributed by atoms with Crippen LogP contribution >= 0.6 is 0 Å². The number of carbonyl (C=O) groups excluding carboxylic acids is 1. The first-order chi connectivity index (χ1) is 7.81. The molecule has 0 unspecified atom stereocenters. The van der Waals surface area contributed by atoms with Crippen molar-refractivity contribution in [2.75, 3.05) is 19.8 Å². The van der Waals surface area contributed by atoms with Gasteiger partial charge in [-0.05, 0) is 23.7 Å². The molecule has 1 heterocycles. The maximum atomic E-state index is 11.5. The Labute approximate surface area is 91.4 Å². The molecule has 0 fully saturated rings. The van der Waals surface area contributed by atoms with Crippen LogP contribution in [-0.4, -0.2) is 25.5 Å². The van der Waals surface area contributed by atoms with Crippen LogP contribution in [0.4, 0.5) is 0 Å². The molecule has 1 aliphatic heterocycles. The number of rotatable bonds is 3. The third kappa shape index (κ3) is 2.07. The number of hydrogen-bond acceptors (Lipinski definition) is 4. The van der Waals surface area contributed by atoms with Gasteiger partial charge in [-0.15, -0.1) is 0 Å². The number of ketones is 1. The van der Waals surface area contributed by atoms with Crippen molar-refractivity contribution in [2.24, 2.45) is 5.11 Å². The molecule has 0 saturated carbocycles. The molecular formula is C10H9N3O3. The van der Waals surface area contributed by atoms with Crippen LogP contribution in [-0.2, 0) is 0 Å². The summed E-state index contributed by atoms with van der Waals surface area (Å²) in [5, 5.41) is 3.22. The van der Waals surface area contributed by atoms with E-state index in [1.165, 1.54) is 0 Å². The van der Waals surface area contributed by atoms with Gasteiger partial charge in [-0.2, -0.15) is 0 Å².